The van der Waals surface area contributed by atoms with Crippen molar-refractivity contribution >= 4 is 17.9 Å². The number of phenolic OH excluding ortho intramolecular Hbond substituents is 1. The second-order valence-corrected chi connectivity index (χ2v) is 16.7. The summed E-state index contributed by atoms with van der Waals surface area (Å²) in [5.74, 6) is 0.543. The molecule has 10 heteroatoms. The lowest BCUT2D eigenvalue weighted by Gasteiger charge is -2.18. The SMILES string of the molecule is C.C.CCCCO.CCCCOc1ccc(C(CC(=O)O)c2ccccc2)cc1.CCCCOc1ccc(C(CC(=O)OCC)c2ccccc2)cc1.CCOC(=O)CC(c1ccccc1)c1ccc(O)cc1.[2H-]. The average molecular weight is 1000 g/mol. The van der Waals surface area contributed by atoms with E-state index in [0.717, 1.165) is 90.0 Å². The zero-order valence-electron chi connectivity index (χ0n) is 43.4. The number of aliphatic carboxylic acids is 1. The van der Waals surface area contributed by atoms with E-state index in [1.165, 1.54) is 0 Å². The van der Waals surface area contributed by atoms with Crippen molar-refractivity contribution in [3.05, 3.63) is 197 Å². The van der Waals surface area contributed by atoms with E-state index in [0.29, 0.717) is 39.3 Å². The first-order valence-corrected chi connectivity index (χ1v) is 25.1. The molecule has 0 bridgehead atoms. The van der Waals surface area contributed by atoms with Crippen molar-refractivity contribution in [3.63, 3.8) is 0 Å². The molecule has 0 saturated heterocycles. The molecule has 0 saturated carbocycles. The van der Waals surface area contributed by atoms with Crippen LogP contribution in [0, 0.1) is 0 Å². The number of ether oxygens (including phenoxy) is 4. The number of aliphatic hydroxyl groups excluding tert-OH is 1. The van der Waals surface area contributed by atoms with Gasteiger partial charge in [-0.2, -0.15) is 0 Å². The second kappa shape index (κ2) is 38.7. The van der Waals surface area contributed by atoms with E-state index >= 15 is 0 Å². The van der Waals surface area contributed by atoms with Crippen molar-refractivity contribution in [2.75, 3.05) is 33.0 Å². The highest BCUT2D eigenvalue weighted by Crippen LogP contribution is 2.32. The van der Waals surface area contributed by atoms with Crippen LogP contribution in [0.5, 0.6) is 17.2 Å². The van der Waals surface area contributed by atoms with Crippen molar-refractivity contribution in [2.24, 2.45) is 0 Å². The topological polar surface area (TPSA) is 149 Å². The van der Waals surface area contributed by atoms with Gasteiger partial charge in [-0.05, 0) is 103 Å². The molecule has 0 amide bonds. The van der Waals surface area contributed by atoms with Crippen LogP contribution in [0.15, 0.2) is 164 Å². The molecule has 10 nitrogen and oxygen atoms in total. The number of phenols is 1. The van der Waals surface area contributed by atoms with Crippen LogP contribution in [0.3, 0.4) is 0 Å². The highest BCUT2D eigenvalue weighted by Gasteiger charge is 2.21. The lowest BCUT2D eigenvalue weighted by Crippen LogP contribution is -2.11. The predicted octanol–water partition coefficient (Wildman–Crippen LogP) is 15.1. The standard InChI is InChI=1S/C21H26O3.C19H22O3.C17H18O3.C4H10O.2CH4.H/c1-3-5-15-24-19-13-11-18(12-14-19)20(16-21(22)23-4-2)17-9-7-6-8-10-17;1-2-3-13-22-17-11-9-16(10-12-17)18(14-19(20)21)15-7-5-4-6-8-15;1-2-20-17(19)12-16(13-6-4-3-5-7-13)14-8-10-15(18)11-9-14;1-2-3-4-5;;;/h6-14,20H,3-5,15-16H2,1-2H3;4-12,18H,2-3,13-14H2,1H3,(H,20,21);3-11,16,18H,2,12H2,1H3;5H,2-4H2,1H3;2*1H4;/q;;;;;;-1/i;;;;;;1+1. The van der Waals surface area contributed by atoms with Crippen LogP contribution in [-0.4, -0.2) is 66.3 Å². The van der Waals surface area contributed by atoms with Crippen LogP contribution in [-0.2, 0) is 23.9 Å². The zero-order valence-corrected chi connectivity index (χ0v) is 42.4. The fourth-order valence-electron chi connectivity index (χ4n) is 7.41. The Hall–Kier alpha value is -6.91. The molecule has 0 aliphatic heterocycles. The second-order valence-electron chi connectivity index (χ2n) is 16.7. The Balaban J connectivity index is 0.00000101. The van der Waals surface area contributed by atoms with E-state index in [1.54, 1.807) is 19.1 Å². The number of unbranched alkanes of at least 4 members (excludes halogenated alkanes) is 3. The third-order valence-electron chi connectivity index (χ3n) is 11.2. The maximum absolute atomic E-state index is 12.0. The Morgan fingerprint density at radius 2 is 0.740 bits per heavy atom. The molecular formula is C63H85O10-. The molecule has 3 N–H and O–H groups in total. The zero-order chi connectivity index (χ0) is 51.5. The number of carboxylic acids is 1. The van der Waals surface area contributed by atoms with Gasteiger partial charge in [0.05, 0.1) is 45.7 Å². The molecule has 3 atom stereocenters. The Bertz CT molecular complexity index is 2310. The monoisotopic (exact) mass is 1000 g/mol. The Morgan fingerprint density at radius 3 is 1.01 bits per heavy atom. The number of carboxylic acid groups (broad SMARTS) is 1. The van der Waals surface area contributed by atoms with E-state index in [2.05, 4.69) is 32.9 Å². The lowest BCUT2D eigenvalue weighted by molar-refractivity contribution is -0.144. The predicted molar refractivity (Wildman–Crippen MR) is 298 cm³/mol. The fraction of sp³-hybridized carbons (Fsp3) is 0.381. The lowest BCUT2D eigenvalue weighted by atomic mass is 9.88. The molecule has 0 aromatic heterocycles. The van der Waals surface area contributed by atoms with Gasteiger partial charge < -0.3 is 35.7 Å². The summed E-state index contributed by atoms with van der Waals surface area (Å²) in [6, 6.07) is 52.4. The minimum Gasteiger partial charge on any atom is -1.00 e. The molecule has 6 aromatic carbocycles. The van der Waals surface area contributed by atoms with Crippen molar-refractivity contribution < 1.29 is 50.1 Å². The first-order valence-electron chi connectivity index (χ1n) is 25.1. The van der Waals surface area contributed by atoms with Crippen LogP contribution < -0.4 is 9.47 Å². The van der Waals surface area contributed by atoms with Gasteiger partial charge in [0.1, 0.15) is 17.2 Å². The van der Waals surface area contributed by atoms with Crippen LogP contribution >= 0.6 is 0 Å². The maximum Gasteiger partial charge on any atom is 0.306 e. The minimum absolute atomic E-state index is 0. The van der Waals surface area contributed by atoms with Crippen LogP contribution in [0.1, 0.15) is 160 Å². The Morgan fingerprint density at radius 1 is 0.438 bits per heavy atom. The molecule has 6 rings (SSSR count). The molecule has 0 heterocycles. The number of hydrogen-bond donors (Lipinski definition) is 3. The van der Waals surface area contributed by atoms with E-state index in [1.807, 2.05) is 146 Å². The van der Waals surface area contributed by atoms with Crippen LogP contribution in [0.2, 0.25) is 0 Å². The molecule has 0 spiro atoms. The summed E-state index contributed by atoms with van der Waals surface area (Å²) in [5, 5.41) is 26.6. The third kappa shape index (κ3) is 25.4. The van der Waals surface area contributed by atoms with Crippen molar-refractivity contribution in [1.29, 1.82) is 0 Å². The largest absolute Gasteiger partial charge is 1.00 e. The first kappa shape index (κ1) is 64.1. The van der Waals surface area contributed by atoms with Gasteiger partial charge in [-0.15, -0.1) is 0 Å². The Labute approximate surface area is 438 Å². The summed E-state index contributed by atoms with van der Waals surface area (Å²) in [6.45, 7) is 12.5. The summed E-state index contributed by atoms with van der Waals surface area (Å²) in [5.41, 5.74) is 6.27. The molecule has 0 fully saturated rings. The molecule has 0 aliphatic rings. The number of carbonyl (C=O) groups is 3. The normalized spacial score (nSPS) is 11.3. The molecule has 6 aromatic rings. The van der Waals surface area contributed by atoms with Gasteiger partial charge >= 0.3 is 17.9 Å². The Kier molecular flexibility index (Phi) is 34.0. The van der Waals surface area contributed by atoms with Gasteiger partial charge in [0.15, 0.2) is 0 Å². The van der Waals surface area contributed by atoms with Crippen molar-refractivity contribution in [2.45, 2.75) is 125 Å². The molecule has 3 unspecified atom stereocenters. The number of aromatic hydroxyl groups is 1. The quantitative estimate of drug-likeness (QED) is 0.0395. The fourth-order valence-corrected chi connectivity index (χ4v) is 7.41. The number of carbonyl (C=O) groups excluding carboxylic acids is 2. The number of benzene rings is 6. The van der Waals surface area contributed by atoms with Gasteiger partial charge in [-0.25, -0.2) is 0 Å². The molecular weight excluding hydrogens is 917 g/mol. The summed E-state index contributed by atoms with van der Waals surface area (Å²) in [4.78, 5) is 35.0. The van der Waals surface area contributed by atoms with Crippen molar-refractivity contribution in [1.82, 2.24) is 0 Å². The number of rotatable bonds is 24. The van der Waals surface area contributed by atoms with Crippen LogP contribution in [0.4, 0.5) is 0 Å². The molecule has 0 aliphatic carbocycles. The number of aliphatic hydroxyl groups is 1. The van der Waals surface area contributed by atoms with Gasteiger partial charge in [0.25, 0.3) is 0 Å². The minimum atomic E-state index is -0.794. The summed E-state index contributed by atoms with van der Waals surface area (Å²) < 4.78 is 21.6. The van der Waals surface area contributed by atoms with Gasteiger partial charge in [-0.3, -0.25) is 14.4 Å². The van der Waals surface area contributed by atoms with Crippen molar-refractivity contribution in [3.8, 4) is 17.2 Å². The maximum atomic E-state index is 12.0. The molecule has 73 heavy (non-hydrogen) atoms. The summed E-state index contributed by atoms with van der Waals surface area (Å²) in [6.07, 6.45) is 7.07. The van der Waals surface area contributed by atoms with Crippen LogP contribution in [0.25, 0.3) is 0 Å². The van der Waals surface area contributed by atoms with Gasteiger partial charge in [-0.1, -0.05) is 182 Å². The third-order valence-corrected chi connectivity index (χ3v) is 11.2. The smallest absolute Gasteiger partial charge is 0.306 e. The number of hydrogen-bond acceptors (Lipinski definition) is 9. The summed E-state index contributed by atoms with van der Waals surface area (Å²) >= 11 is 0. The van der Waals surface area contributed by atoms with E-state index < -0.39 is 5.97 Å². The highest BCUT2D eigenvalue weighted by atomic mass is 16.5. The molecule has 0 radical (unpaired) electrons. The van der Waals surface area contributed by atoms with E-state index in [9.17, 15) is 24.6 Å². The molecule has 398 valence electrons. The van der Waals surface area contributed by atoms with E-state index in [4.69, 9.17) is 24.1 Å². The number of esters is 2. The van der Waals surface area contributed by atoms with Gasteiger partial charge in [0, 0.05) is 24.4 Å². The summed E-state index contributed by atoms with van der Waals surface area (Å²) in [7, 11) is 0. The van der Waals surface area contributed by atoms with Gasteiger partial charge in [0.2, 0.25) is 0 Å². The average Bonchev–Trinajstić information content (AvgIpc) is 3.39. The highest BCUT2D eigenvalue weighted by molar-refractivity contribution is 5.72. The van der Waals surface area contributed by atoms with E-state index in [-0.39, 0.29) is 58.1 Å². The first-order chi connectivity index (χ1) is 34.6.